The molecule has 1 aromatic carbocycles. The molecule has 0 fully saturated rings. The fourth-order valence-electron chi connectivity index (χ4n) is 1.94. The Bertz CT molecular complexity index is 686. The lowest BCUT2D eigenvalue weighted by atomic mass is 10.2. The van der Waals surface area contributed by atoms with Crippen molar-refractivity contribution >= 4 is 17.2 Å². The third-order valence-corrected chi connectivity index (χ3v) is 3.05. The number of halogens is 1. The summed E-state index contributed by atoms with van der Waals surface area (Å²) in [6.07, 6.45) is 2.04. The van der Waals surface area contributed by atoms with Crippen molar-refractivity contribution in [2.75, 3.05) is 0 Å². The highest BCUT2D eigenvalue weighted by molar-refractivity contribution is 6.30. The minimum atomic E-state index is 0.733. The highest BCUT2D eigenvalue weighted by Gasteiger charge is 2.05. The first-order chi connectivity index (χ1) is 8.24. The summed E-state index contributed by atoms with van der Waals surface area (Å²) in [7, 11) is 0. The van der Waals surface area contributed by atoms with E-state index in [9.17, 15) is 0 Å². The molecule has 0 N–H and O–H groups in total. The van der Waals surface area contributed by atoms with Crippen molar-refractivity contribution in [2.45, 2.75) is 6.92 Å². The van der Waals surface area contributed by atoms with Crippen LogP contribution in [0.4, 0.5) is 0 Å². The summed E-state index contributed by atoms with van der Waals surface area (Å²) >= 11 is 5.99. The average molecular weight is 243 g/mol. The summed E-state index contributed by atoms with van der Waals surface area (Å²) < 4.78 is 2.08. The van der Waals surface area contributed by atoms with Gasteiger partial charge in [-0.25, -0.2) is 4.98 Å². The van der Waals surface area contributed by atoms with Gasteiger partial charge in [0.2, 0.25) is 0 Å². The van der Waals surface area contributed by atoms with Gasteiger partial charge in [0.15, 0.2) is 0 Å². The molecule has 17 heavy (non-hydrogen) atoms. The first-order valence-corrected chi connectivity index (χ1v) is 5.82. The number of fused-ring (bicyclic) bond motifs is 1. The maximum Gasteiger partial charge on any atom is 0.137 e. The third-order valence-electron chi connectivity index (χ3n) is 2.82. The molecule has 0 atom stereocenters. The number of aryl methyl sites for hydroxylation is 1. The molecule has 0 aliphatic rings. The molecule has 0 bridgehead atoms. The maximum absolute atomic E-state index is 5.99. The van der Waals surface area contributed by atoms with Crippen LogP contribution in [-0.2, 0) is 0 Å². The van der Waals surface area contributed by atoms with Gasteiger partial charge in [-0.05, 0) is 31.2 Å². The number of hydrogen-bond donors (Lipinski definition) is 0. The molecule has 3 heteroatoms. The summed E-state index contributed by atoms with van der Waals surface area (Å²) in [4.78, 5) is 4.59. The van der Waals surface area contributed by atoms with Gasteiger partial charge in [0.25, 0.3) is 0 Å². The minimum absolute atomic E-state index is 0.733. The molecule has 0 aliphatic carbocycles. The zero-order valence-electron chi connectivity index (χ0n) is 9.39. The van der Waals surface area contributed by atoms with Crippen LogP contribution < -0.4 is 0 Å². The second-order valence-electron chi connectivity index (χ2n) is 4.03. The Balaban J connectivity index is 2.22. The van der Waals surface area contributed by atoms with Crippen LogP contribution in [0.15, 0.2) is 48.7 Å². The topological polar surface area (TPSA) is 17.3 Å². The lowest BCUT2D eigenvalue weighted by Crippen LogP contribution is -1.86. The summed E-state index contributed by atoms with van der Waals surface area (Å²) in [5.74, 6) is 0. The molecule has 2 heterocycles. The molecule has 2 nitrogen and oxygen atoms in total. The van der Waals surface area contributed by atoms with Crippen LogP contribution in [-0.4, -0.2) is 9.38 Å². The number of benzene rings is 1. The van der Waals surface area contributed by atoms with Gasteiger partial charge in [-0.2, -0.15) is 0 Å². The highest BCUT2D eigenvalue weighted by atomic mass is 35.5. The SMILES string of the molecule is Cc1cccc2nc(-c3cccc(Cl)c3)cn12. The Morgan fingerprint density at radius 1 is 1.12 bits per heavy atom. The predicted octanol–water partition coefficient (Wildman–Crippen LogP) is 3.96. The van der Waals surface area contributed by atoms with Crippen molar-refractivity contribution in [2.24, 2.45) is 0 Å². The largest absolute Gasteiger partial charge is 0.304 e. The van der Waals surface area contributed by atoms with E-state index in [1.165, 1.54) is 5.69 Å². The van der Waals surface area contributed by atoms with Gasteiger partial charge in [0.1, 0.15) is 5.65 Å². The highest BCUT2D eigenvalue weighted by Crippen LogP contribution is 2.22. The summed E-state index contributed by atoms with van der Waals surface area (Å²) in [5, 5.41) is 0.733. The van der Waals surface area contributed by atoms with Crippen molar-refractivity contribution in [1.29, 1.82) is 0 Å². The number of imidazole rings is 1. The molecule has 84 valence electrons. The van der Waals surface area contributed by atoms with E-state index in [0.717, 1.165) is 21.9 Å². The van der Waals surface area contributed by atoms with Gasteiger partial charge in [0, 0.05) is 22.5 Å². The number of hydrogen-bond acceptors (Lipinski definition) is 1. The molecule has 0 saturated heterocycles. The fraction of sp³-hybridized carbons (Fsp3) is 0.0714. The predicted molar refractivity (Wildman–Crippen MR) is 70.4 cm³/mol. The second kappa shape index (κ2) is 3.90. The Hall–Kier alpha value is -1.80. The van der Waals surface area contributed by atoms with E-state index in [0.29, 0.717) is 0 Å². The monoisotopic (exact) mass is 242 g/mol. The van der Waals surface area contributed by atoms with Crippen LogP contribution in [0.1, 0.15) is 5.69 Å². The minimum Gasteiger partial charge on any atom is -0.304 e. The first kappa shape index (κ1) is 10.4. The van der Waals surface area contributed by atoms with Crippen molar-refractivity contribution in [3.05, 3.63) is 59.4 Å². The van der Waals surface area contributed by atoms with Crippen LogP contribution in [0, 0.1) is 6.92 Å². The number of aromatic nitrogens is 2. The van der Waals surface area contributed by atoms with Crippen molar-refractivity contribution in [3.63, 3.8) is 0 Å². The van der Waals surface area contributed by atoms with Gasteiger partial charge in [-0.3, -0.25) is 0 Å². The molecular formula is C14H11ClN2. The van der Waals surface area contributed by atoms with E-state index in [2.05, 4.69) is 22.4 Å². The summed E-state index contributed by atoms with van der Waals surface area (Å²) in [6.45, 7) is 2.07. The van der Waals surface area contributed by atoms with Crippen LogP contribution >= 0.6 is 11.6 Å². The van der Waals surface area contributed by atoms with E-state index in [1.807, 2.05) is 42.6 Å². The summed E-state index contributed by atoms with van der Waals surface area (Å²) in [6, 6.07) is 13.8. The molecule has 3 aromatic rings. The van der Waals surface area contributed by atoms with Crippen molar-refractivity contribution < 1.29 is 0 Å². The van der Waals surface area contributed by atoms with Crippen LogP contribution in [0.5, 0.6) is 0 Å². The molecule has 0 amide bonds. The zero-order chi connectivity index (χ0) is 11.8. The lowest BCUT2D eigenvalue weighted by molar-refractivity contribution is 1.09. The van der Waals surface area contributed by atoms with Gasteiger partial charge in [-0.15, -0.1) is 0 Å². The Kier molecular flexibility index (Phi) is 2.37. The zero-order valence-corrected chi connectivity index (χ0v) is 10.1. The molecule has 0 radical (unpaired) electrons. The van der Waals surface area contributed by atoms with Gasteiger partial charge < -0.3 is 4.40 Å². The molecule has 0 spiro atoms. The van der Waals surface area contributed by atoms with Crippen LogP contribution in [0.2, 0.25) is 5.02 Å². The van der Waals surface area contributed by atoms with Gasteiger partial charge >= 0.3 is 0 Å². The fourth-order valence-corrected chi connectivity index (χ4v) is 2.13. The van der Waals surface area contributed by atoms with Gasteiger partial charge in [0.05, 0.1) is 5.69 Å². The second-order valence-corrected chi connectivity index (χ2v) is 4.47. The standard InChI is InChI=1S/C14H11ClN2/c1-10-4-2-7-14-16-13(9-17(10)14)11-5-3-6-12(15)8-11/h2-9H,1H3. The normalized spacial score (nSPS) is 10.9. The van der Waals surface area contributed by atoms with Gasteiger partial charge in [-0.1, -0.05) is 29.8 Å². The molecular weight excluding hydrogens is 232 g/mol. The van der Waals surface area contributed by atoms with Crippen LogP contribution in [0.25, 0.3) is 16.9 Å². The first-order valence-electron chi connectivity index (χ1n) is 5.45. The summed E-state index contributed by atoms with van der Waals surface area (Å²) in [5.41, 5.74) is 4.12. The van der Waals surface area contributed by atoms with Crippen molar-refractivity contribution in [3.8, 4) is 11.3 Å². The Labute approximate surface area is 104 Å². The van der Waals surface area contributed by atoms with E-state index in [1.54, 1.807) is 0 Å². The molecule has 0 aliphatic heterocycles. The van der Waals surface area contributed by atoms with Crippen molar-refractivity contribution in [1.82, 2.24) is 9.38 Å². The molecule has 3 rings (SSSR count). The van der Waals surface area contributed by atoms with E-state index >= 15 is 0 Å². The smallest absolute Gasteiger partial charge is 0.137 e. The Morgan fingerprint density at radius 3 is 2.71 bits per heavy atom. The van der Waals surface area contributed by atoms with E-state index in [4.69, 9.17) is 11.6 Å². The number of nitrogens with zero attached hydrogens (tertiary/aromatic N) is 2. The molecule has 0 unspecified atom stereocenters. The molecule has 2 aromatic heterocycles. The Morgan fingerprint density at radius 2 is 1.94 bits per heavy atom. The van der Waals surface area contributed by atoms with E-state index < -0.39 is 0 Å². The van der Waals surface area contributed by atoms with E-state index in [-0.39, 0.29) is 0 Å². The quantitative estimate of drug-likeness (QED) is 0.631. The van der Waals surface area contributed by atoms with Crippen LogP contribution in [0.3, 0.4) is 0 Å². The molecule has 0 saturated carbocycles. The number of rotatable bonds is 1. The lowest BCUT2D eigenvalue weighted by Gasteiger charge is -1.96. The average Bonchev–Trinajstić information content (AvgIpc) is 2.74. The maximum atomic E-state index is 5.99. The third kappa shape index (κ3) is 1.81. The number of pyridine rings is 1.